The number of esters is 1. The first kappa shape index (κ1) is 14.4. The first-order valence-corrected chi connectivity index (χ1v) is 6.39. The number of rotatable bonds is 6. The Balaban J connectivity index is 2.78. The van der Waals surface area contributed by atoms with Crippen molar-refractivity contribution in [2.45, 2.75) is 27.2 Å². The zero-order chi connectivity index (χ0) is 13.5. The molecule has 1 aromatic carbocycles. The molecular weight excluding hydrogens is 228 g/mol. The van der Waals surface area contributed by atoms with Crippen LogP contribution >= 0.6 is 0 Å². The van der Waals surface area contributed by atoms with Gasteiger partial charge in [0.05, 0.1) is 23.5 Å². The van der Waals surface area contributed by atoms with E-state index in [4.69, 9.17) is 10.5 Å². The van der Waals surface area contributed by atoms with Crippen molar-refractivity contribution in [2.75, 3.05) is 24.2 Å². The summed E-state index contributed by atoms with van der Waals surface area (Å²) in [7, 11) is 0. The van der Waals surface area contributed by atoms with E-state index in [0.717, 1.165) is 18.7 Å². The Labute approximate surface area is 109 Å². The van der Waals surface area contributed by atoms with Crippen LogP contribution in [0.2, 0.25) is 0 Å². The van der Waals surface area contributed by atoms with Gasteiger partial charge in [-0.25, -0.2) is 4.79 Å². The van der Waals surface area contributed by atoms with Gasteiger partial charge in [0.25, 0.3) is 0 Å². The number of nitrogens with two attached hydrogens (primary N) is 1. The van der Waals surface area contributed by atoms with E-state index in [2.05, 4.69) is 19.2 Å². The fourth-order valence-corrected chi connectivity index (χ4v) is 1.48. The predicted molar refractivity (Wildman–Crippen MR) is 74.8 cm³/mol. The molecule has 100 valence electrons. The first-order valence-electron chi connectivity index (χ1n) is 6.39. The quantitative estimate of drug-likeness (QED) is 0.602. The Morgan fingerprint density at radius 3 is 2.78 bits per heavy atom. The summed E-state index contributed by atoms with van der Waals surface area (Å²) in [6.07, 6.45) is 1.10. The minimum atomic E-state index is -0.316. The molecule has 0 aliphatic carbocycles. The van der Waals surface area contributed by atoms with Gasteiger partial charge in [-0.2, -0.15) is 0 Å². The molecule has 0 saturated carbocycles. The SMILES string of the molecule is CCOC(=O)c1ccc(N)c(NCC(C)CC)c1. The van der Waals surface area contributed by atoms with Crippen molar-refractivity contribution in [1.29, 1.82) is 0 Å². The Morgan fingerprint density at radius 1 is 1.44 bits per heavy atom. The average molecular weight is 250 g/mol. The maximum atomic E-state index is 11.6. The van der Waals surface area contributed by atoms with Crippen molar-refractivity contribution in [3.05, 3.63) is 23.8 Å². The predicted octanol–water partition coefficient (Wildman–Crippen LogP) is 2.90. The third kappa shape index (κ3) is 3.95. The monoisotopic (exact) mass is 250 g/mol. The molecule has 3 N–H and O–H groups in total. The number of carbonyl (C=O) groups excluding carboxylic acids is 1. The Morgan fingerprint density at radius 2 is 2.17 bits per heavy atom. The second-order valence-electron chi connectivity index (χ2n) is 4.42. The molecule has 0 amide bonds. The molecule has 0 heterocycles. The molecule has 1 atom stereocenters. The lowest BCUT2D eigenvalue weighted by Crippen LogP contribution is -2.12. The van der Waals surface area contributed by atoms with Crippen molar-refractivity contribution >= 4 is 17.3 Å². The molecule has 1 rings (SSSR count). The number of nitrogens with one attached hydrogen (secondary N) is 1. The largest absolute Gasteiger partial charge is 0.462 e. The highest BCUT2D eigenvalue weighted by molar-refractivity contribution is 5.92. The van der Waals surface area contributed by atoms with Crippen LogP contribution in [0.1, 0.15) is 37.6 Å². The highest BCUT2D eigenvalue weighted by atomic mass is 16.5. The minimum absolute atomic E-state index is 0.316. The molecule has 1 aromatic rings. The molecule has 0 spiro atoms. The molecule has 0 bridgehead atoms. The van der Waals surface area contributed by atoms with Crippen LogP contribution in [0.15, 0.2) is 18.2 Å². The van der Waals surface area contributed by atoms with Crippen molar-refractivity contribution in [3.8, 4) is 0 Å². The average Bonchev–Trinajstić information content (AvgIpc) is 2.37. The van der Waals surface area contributed by atoms with Crippen LogP contribution in [0.4, 0.5) is 11.4 Å². The Bertz CT molecular complexity index is 405. The normalized spacial score (nSPS) is 11.9. The summed E-state index contributed by atoms with van der Waals surface area (Å²) in [5.74, 6) is 0.250. The Hall–Kier alpha value is -1.71. The Kier molecular flexibility index (Phi) is 5.49. The van der Waals surface area contributed by atoms with Gasteiger partial charge in [0.1, 0.15) is 0 Å². The summed E-state index contributed by atoms with van der Waals surface area (Å²) in [6.45, 7) is 7.31. The van der Waals surface area contributed by atoms with Crippen molar-refractivity contribution in [3.63, 3.8) is 0 Å². The molecular formula is C14H22N2O2. The van der Waals surface area contributed by atoms with E-state index < -0.39 is 0 Å². The van der Waals surface area contributed by atoms with E-state index in [1.54, 1.807) is 25.1 Å². The zero-order valence-corrected chi connectivity index (χ0v) is 11.3. The minimum Gasteiger partial charge on any atom is -0.462 e. The maximum absolute atomic E-state index is 11.6. The summed E-state index contributed by atoms with van der Waals surface area (Å²) < 4.78 is 4.96. The zero-order valence-electron chi connectivity index (χ0n) is 11.3. The van der Waals surface area contributed by atoms with E-state index in [1.807, 2.05) is 0 Å². The van der Waals surface area contributed by atoms with Gasteiger partial charge in [-0.15, -0.1) is 0 Å². The van der Waals surface area contributed by atoms with Crippen LogP contribution in [-0.2, 0) is 4.74 Å². The number of carbonyl (C=O) groups is 1. The molecule has 0 radical (unpaired) electrons. The molecule has 0 fully saturated rings. The molecule has 0 aliphatic rings. The summed E-state index contributed by atoms with van der Waals surface area (Å²) in [5.41, 5.74) is 7.84. The van der Waals surface area contributed by atoms with Gasteiger partial charge in [0.15, 0.2) is 0 Å². The van der Waals surface area contributed by atoms with Crippen LogP contribution in [0.5, 0.6) is 0 Å². The van der Waals surface area contributed by atoms with Crippen molar-refractivity contribution < 1.29 is 9.53 Å². The molecule has 4 heteroatoms. The molecule has 0 aliphatic heterocycles. The van der Waals surface area contributed by atoms with Gasteiger partial charge in [0.2, 0.25) is 0 Å². The van der Waals surface area contributed by atoms with Gasteiger partial charge in [-0.1, -0.05) is 20.3 Å². The lowest BCUT2D eigenvalue weighted by Gasteiger charge is -2.14. The topological polar surface area (TPSA) is 64.3 Å². The van der Waals surface area contributed by atoms with Crippen LogP contribution in [0.3, 0.4) is 0 Å². The molecule has 0 saturated heterocycles. The van der Waals surface area contributed by atoms with E-state index in [0.29, 0.717) is 23.8 Å². The smallest absolute Gasteiger partial charge is 0.338 e. The van der Waals surface area contributed by atoms with Gasteiger partial charge in [-0.05, 0) is 31.0 Å². The third-order valence-corrected chi connectivity index (χ3v) is 2.90. The van der Waals surface area contributed by atoms with Crippen LogP contribution in [0.25, 0.3) is 0 Å². The highest BCUT2D eigenvalue weighted by Gasteiger charge is 2.09. The van der Waals surface area contributed by atoms with E-state index in [-0.39, 0.29) is 5.97 Å². The van der Waals surface area contributed by atoms with Crippen molar-refractivity contribution in [1.82, 2.24) is 0 Å². The number of benzene rings is 1. The van der Waals surface area contributed by atoms with E-state index in [1.165, 1.54) is 0 Å². The fourth-order valence-electron chi connectivity index (χ4n) is 1.48. The highest BCUT2D eigenvalue weighted by Crippen LogP contribution is 2.21. The number of ether oxygens (including phenoxy) is 1. The maximum Gasteiger partial charge on any atom is 0.338 e. The fraction of sp³-hybridized carbons (Fsp3) is 0.500. The summed E-state index contributed by atoms with van der Waals surface area (Å²) in [6, 6.07) is 5.16. The van der Waals surface area contributed by atoms with Gasteiger partial charge < -0.3 is 15.8 Å². The summed E-state index contributed by atoms with van der Waals surface area (Å²) in [5, 5.41) is 3.27. The molecule has 18 heavy (non-hydrogen) atoms. The number of hydrogen-bond donors (Lipinski definition) is 2. The summed E-state index contributed by atoms with van der Waals surface area (Å²) >= 11 is 0. The first-order chi connectivity index (χ1) is 8.58. The van der Waals surface area contributed by atoms with Gasteiger partial charge in [0, 0.05) is 6.54 Å². The van der Waals surface area contributed by atoms with Gasteiger partial charge in [-0.3, -0.25) is 0 Å². The number of nitrogen functional groups attached to an aromatic ring is 1. The van der Waals surface area contributed by atoms with E-state index in [9.17, 15) is 4.79 Å². The van der Waals surface area contributed by atoms with E-state index >= 15 is 0 Å². The van der Waals surface area contributed by atoms with Gasteiger partial charge >= 0.3 is 5.97 Å². The van der Waals surface area contributed by atoms with Crippen LogP contribution in [0, 0.1) is 5.92 Å². The lowest BCUT2D eigenvalue weighted by atomic mass is 10.1. The number of anilines is 2. The lowest BCUT2D eigenvalue weighted by molar-refractivity contribution is 0.0526. The second kappa shape index (κ2) is 6.89. The van der Waals surface area contributed by atoms with Crippen LogP contribution in [-0.4, -0.2) is 19.1 Å². The molecule has 1 unspecified atom stereocenters. The van der Waals surface area contributed by atoms with Crippen molar-refractivity contribution in [2.24, 2.45) is 5.92 Å². The summed E-state index contributed by atoms with van der Waals surface area (Å²) in [4.78, 5) is 11.6. The second-order valence-corrected chi connectivity index (χ2v) is 4.42. The molecule has 4 nitrogen and oxygen atoms in total. The third-order valence-electron chi connectivity index (χ3n) is 2.90. The standard InChI is InChI=1S/C14H22N2O2/c1-4-10(3)9-16-13-8-11(6-7-12(13)15)14(17)18-5-2/h6-8,10,16H,4-5,9,15H2,1-3H3. The molecule has 0 aromatic heterocycles. The number of hydrogen-bond acceptors (Lipinski definition) is 4. The van der Waals surface area contributed by atoms with Crippen LogP contribution < -0.4 is 11.1 Å².